The minimum atomic E-state index is -0.988. The molecule has 0 rings (SSSR count). The Morgan fingerprint density at radius 2 is 1.08 bits per heavy atom. The van der Waals surface area contributed by atoms with E-state index in [1.54, 1.807) is 0 Å². The predicted molar refractivity (Wildman–Crippen MR) is 169 cm³/mol. The van der Waals surface area contributed by atoms with Gasteiger partial charge in [0.1, 0.15) is 0 Å². The van der Waals surface area contributed by atoms with Crippen LogP contribution >= 0.6 is 0 Å². The van der Waals surface area contributed by atoms with Crippen LogP contribution in [0.2, 0.25) is 15.6 Å². The van der Waals surface area contributed by atoms with Crippen molar-refractivity contribution < 1.29 is 14.6 Å². The van der Waals surface area contributed by atoms with Crippen molar-refractivity contribution in [2.75, 3.05) is 32.8 Å². The van der Waals surface area contributed by atoms with Crippen LogP contribution in [-0.2, 0) is 9.53 Å². The summed E-state index contributed by atoms with van der Waals surface area (Å²) in [6, 6.07) is 0. The van der Waals surface area contributed by atoms with Gasteiger partial charge in [0, 0.05) is 0 Å². The summed E-state index contributed by atoms with van der Waals surface area (Å²) < 4.78 is 5.34. The molecule has 1 N–H and O–H groups in total. The van der Waals surface area contributed by atoms with Crippen molar-refractivity contribution in [2.45, 2.75) is 171 Å². The molecule has 5 heteroatoms. The Hall–Kier alpha value is -0.0516. The fourth-order valence-corrected chi connectivity index (χ4v) is 9.67. The minimum absolute atomic E-state index is 0.0164. The average molecular weight is 602 g/mol. The zero-order valence-electron chi connectivity index (χ0n) is 26.2. The van der Waals surface area contributed by atoms with Gasteiger partial charge in [0.05, 0.1) is 0 Å². The second-order valence-corrected chi connectivity index (χ2v) is 17.0. The summed E-state index contributed by atoms with van der Waals surface area (Å²) >= 11 is -0.988. The maximum absolute atomic E-state index is 11.9. The van der Waals surface area contributed by atoms with E-state index in [4.69, 9.17) is 4.74 Å². The number of aliphatic hydroxyl groups excluding tert-OH is 1. The van der Waals surface area contributed by atoms with Crippen LogP contribution in [0.3, 0.4) is 0 Å². The molecule has 0 bridgehead atoms. The molecule has 4 nitrogen and oxygen atoms in total. The summed E-state index contributed by atoms with van der Waals surface area (Å²) in [5.74, 6) is -0.0164. The molecule has 0 saturated carbocycles. The standard InChI is InChI=1S/C33H68AsNO3/c1-4-7-10-12-14-16-21-28-35(29-22-17-15-13-11-8-5-2)30-26-34(27-31-36)25-20-18-19-24-33(37)38-32-23-9-6-3/h36H,4-32H2,1-3H3. The number of hydrogen-bond donors (Lipinski definition) is 1. The molecule has 1 atom stereocenters. The third-order valence-corrected chi connectivity index (χ3v) is 13.2. The van der Waals surface area contributed by atoms with E-state index in [0.717, 1.165) is 37.3 Å². The first kappa shape index (κ1) is 37.9. The first-order chi connectivity index (χ1) is 18.7. The third kappa shape index (κ3) is 27.5. The molecule has 0 radical (unpaired) electrons. The molecule has 0 fully saturated rings. The zero-order chi connectivity index (χ0) is 27.9. The molecule has 0 aromatic rings. The molecule has 0 aliphatic heterocycles. The van der Waals surface area contributed by atoms with Crippen LogP contribution in [-0.4, -0.2) is 63.5 Å². The molecule has 0 heterocycles. The third-order valence-electron chi connectivity index (χ3n) is 7.67. The van der Waals surface area contributed by atoms with Gasteiger partial charge in [0.25, 0.3) is 0 Å². The van der Waals surface area contributed by atoms with Gasteiger partial charge >= 0.3 is 244 Å². The van der Waals surface area contributed by atoms with Crippen molar-refractivity contribution in [3.63, 3.8) is 0 Å². The van der Waals surface area contributed by atoms with Crippen molar-refractivity contribution in [2.24, 2.45) is 0 Å². The number of nitrogens with zero attached hydrogens (tertiary/aromatic N) is 1. The van der Waals surface area contributed by atoms with Gasteiger partial charge < -0.3 is 0 Å². The Morgan fingerprint density at radius 3 is 1.63 bits per heavy atom. The molecule has 0 spiro atoms. The van der Waals surface area contributed by atoms with E-state index < -0.39 is 14.7 Å². The SMILES string of the molecule is CCCCCCCCCN(CCCCCCCCC)CC[As](CCO)CCCCCC(=O)OCCCCC. The number of unbranched alkanes of at least 4 members (excludes halogenated alkanes) is 16. The van der Waals surface area contributed by atoms with E-state index in [1.807, 2.05) is 0 Å². The number of carbonyl (C=O) groups is 1. The molecular formula is C33H68AsNO3. The predicted octanol–water partition coefficient (Wildman–Crippen LogP) is 9.57. The van der Waals surface area contributed by atoms with E-state index in [9.17, 15) is 9.90 Å². The Morgan fingerprint density at radius 1 is 0.579 bits per heavy atom. The van der Waals surface area contributed by atoms with Crippen molar-refractivity contribution in [1.82, 2.24) is 4.90 Å². The van der Waals surface area contributed by atoms with E-state index in [1.165, 1.54) is 126 Å². The molecule has 0 amide bonds. The average Bonchev–Trinajstić information content (AvgIpc) is 2.92. The number of ether oxygens (including phenoxy) is 1. The van der Waals surface area contributed by atoms with Gasteiger partial charge in [-0.1, -0.05) is 0 Å². The molecule has 0 saturated heterocycles. The van der Waals surface area contributed by atoms with Crippen LogP contribution in [0.15, 0.2) is 0 Å². The van der Waals surface area contributed by atoms with E-state index in [0.29, 0.717) is 19.6 Å². The first-order valence-corrected chi connectivity index (χ1v) is 20.9. The first-order valence-electron chi connectivity index (χ1n) is 16.9. The Bertz CT molecular complexity index is 459. The van der Waals surface area contributed by atoms with Crippen LogP contribution in [0.25, 0.3) is 0 Å². The number of carbonyl (C=O) groups excluding carboxylic acids is 1. The number of aliphatic hydroxyl groups is 1. The van der Waals surface area contributed by atoms with Gasteiger partial charge in [0.2, 0.25) is 0 Å². The van der Waals surface area contributed by atoms with Crippen LogP contribution in [0.4, 0.5) is 0 Å². The molecule has 38 heavy (non-hydrogen) atoms. The molecule has 0 aromatic heterocycles. The van der Waals surface area contributed by atoms with Crippen molar-refractivity contribution in [3.8, 4) is 0 Å². The number of esters is 1. The molecule has 228 valence electrons. The Balaban J connectivity index is 4.28. The fourth-order valence-electron chi connectivity index (χ4n) is 5.07. The summed E-state index contributed by atoms with van der Waals surface area (Å²) in [6.07, 6.45) is 26.5. The fraction of sp³-hybridized carbons (Fsp3) is 0.970. The zero-order valence-corrected chi connectivity index (χ0v) is 28.0. The van der Waals surface area contributed by atoms with E-state index in [-0.39, 0.29) is 5.97 Å². The van der Waals surface area contributed by atoms with Gasteiger partial charge in [-0.25, -0.2) is 0 Å². The van der Waals surface area contributed by atoms with Crippen LogP contribution in [0.1, 0.15) is 156 Å². The summed E-state index contributed by atoms with van der Waals surface area (Å²) in [5.41, 5.74) is 0. The molecular weight excluding hydrogens is 533 g/mol. The monoisotopic (exact) mass is 601 g/mol. The Labute approximate surface area is 243 Å². The van der Waals surface area contributed by atoms with Gasteiger partial charge in [-0.3, -0.25) is 0 Å². The summed E-state index contributed by atoms with van der Waals surface area (Å²) in [5, 5.41) is 13.4. The number of rotatable bonds is 31. The van der Waals surface area contributed by atoms with Crippen LogP contribution in [0.5, 0.6) is 0 Å². The molecule has 0 aliphatic rings. The van der Waals surface area contributed by atoms with Gasteiger partial charge in [-0.05, 0) is 0 Å². The van der Waals surface area contributed by atoms with Crippen molar-refractivity contribution >= 4 is 20.6 Å². The second kappa shape index (κ2) is 31.5. The van der Waals surface area contributed by atoms with Gasteiger partial charge in [-0.15, -0.1) is 0 Å². The maximum atomic E-state index is 11.9. The topological polar surface area (TPSA) is 49.8 Å². The van der Waals surface area contributed by atoms with Crippen LogP contribution in [0, 0.1) is 0 Å². The summed E-state index contributed by atoms with van der Waals surface area (Å²) in [6.45, 7) is 11.5. The number of hydrogen-bond acceptors (Lipinski definition) is 4. The van der Waals surface area contributed by atoms with Gasteiger partial charge in [-0.2, -0.15) is 0 Å². The summed E-state index contributed by atoms with van der Waals surface area (Å²) in [7, 11) is 0. The van der Waals surface area contributed by atoms with Gasteiger partial charge in [0.15, 0.2) is 0 Å². The molecule has 0 aliphatic carbocycles. The van der Waals surface area contributed by atoms with E-state index >= 15 is 0 Å². The summed E-state index contributed by atoms with van der Waals surface area (Å²) in [4.78, 5) is 14.6. The quantitative estimate of drug-likeness (QED) is 0.0488. The Kier molecular flexibility index (Phi) is 31.4. The van der Waals surface area contributed by atoms with Crippen molar-refractivity contribution in [1.29, 1.82) is 0 Å². The van der Waals surface area contributed by atoms with Crippen molar-refractivity contribution in [3.05, 3.63) is 0 Å². The second-order valence-electron chi connectivity index (χ2n) is 11.4. The molecule has 0 aromatic carbocycles. The van der Waals surface area contributed by atoms with E-state index in [2.05, 4.69) is 25.7 Å². The molecule has 1 unspecified atom stereocenters. The van der Waals surface area contributed by atoms with Crippen LogP contribution < -0.4 is 0 Å². The normalized spacial score (nSPS) is 12.3.